The third kappa shape index (κ3) is 4.56. The minimum absolute atomic E-state index is 0.0235. The monoisotopic (exact) mass is 441 g/mol. The lowest BCUT2D eigenvalue weighted by Gasteiger charge is -2.47. The van der Waals surface area contributed by atoms with Crippen molar-refractivity contribution in [3.05, 3.63) is 71.8 Å². The lowest BCUT2D eigenvalue weighted by molar-refractivity contribution is -0.344. The molecule has 1 amide bonds. The van der Waals surface area contributed by atoms with E-state index in [1.54, 1.807) is 0 Å². The third-order valence-electron chi connectivity index (χ3n) is 5.94. The van der Waals surface area contributed by atoms with Crippen LogP contribution in [0.5, 0.6) is 0 Å². The third-order valence-corrected chi connectivity index (χ3v) is 5.94. The second kappa shape index (κ2) is 9.27. The van der Waals surface area contributed by atoms with Gasteiger partial charge in [0, 0.05) is 12.5 Å². The Bertz CT molecular complexity index is 911. The Morgan fingerprint density at radius 1 is 1.03 bits per heavy atom. The van der Waals surface area contributed by atoms with Crippen LogP contribution >= 0.6 is 0 Å². The molecule has 3 aliphatic heterocycles. The molecule has 8 heteroatoms. The number of hydrogen-bond donors (Lipinski definition) is 2. The average molecular weight is 441 g/mol. The van der Waals surface area contributed by atoms with Gasteiger partial charge in [0.25, 0.3) is 0 Å². The zero-order valence-electron chi connectivity index (χ0n) is 17.7. The number of benzene rings is 2. The molecule has 2 aromatic rings. The van der Waals surface area contributed by atoms with Crippen LogP contribution in [0.25, 0.3) is 0 Å². The van der Waals surface area contributed by atoms with Crippen molar-refractivity contribution < 1.29 is 33.6 Å². The molecule has 3 aliphatic rings. The average Bonchev–Trinajstić information content (AvgIpc) is 3.60. The number of nitrogens with one attached hydrogen (secondary N) is 1. The number of epoxide rings is 1. The summed E-state index contributed by atoms with van der Waals surface area (Å²) in [4.78, 5) is 11.8. The van der Waals surface area contributed by atoms with Crippen molar-refractivity contribution in [2.24, 2.45) is 0 Å². The Labute approximate surface area is 186 Å². The largest absolute Gasteiger partial charge is 0.388 e. The van der Waals surface area contributed by atoms with Crippen molar-refractivity contribution >= 4 is 5.91 Å². The number of hydrogen-bond acceptors (Lipinski definition) is 7. The molecule has 3 heterocycles. The Kier molecular flexibility index (Phi) is 6.23. The Morgan fingerprint density at radius 2 is 1.72 bits per heavy atom. The minimum atomic E-state index is -1.03. The van der Waals surface area contributed by atoms with Gasteiger partial charge in [-0.1, -0.05) is 60.7 Å². The van der Waals surface area contributed by atoms with Gasteiger partial charge in [0.05, 0.1) is 13.2 Å². The van der Waals surface area contributed by atoms with Gasteiger partial charge in [-0.05, 0) is 5.56 Å². The first-order valence-electron chi connectivity index (χ1n) is 10.8. The van der Waals surface area contributed by atoms with E-state index in [2.05, 4.69) is 5.32 Å². The fourth-order valence-electron chi connectivity index (χ4n) is 4.30. The van der Waals surface area contributed by atoms with Crippen LogP contribution in [0.15, 0.2) is 60.7 Å². The number of fused-ring (bicyclic) bond motifs is 1. The van der Waals surface area contributed by atoms with E-state index in [1.807, 2.05) is 60.7 Å². The van der Waals surface area contributed by atoms with Gasteiger partial charge in [-0.25, -0.2) is 0 Å². The van der Waals surface area contributed by atoms with E-state index in [1.165, 1.54) is 6.92 Å². The van der Waals surface area contributed by atoms with Crippen molar-refractivity contribution in [1.29, 1.82) is 0 Å². The molecule has 0 aliphatic carbocycles. The molecule has 0 aromatic heterocycles. The van der Waals surface area contributed by atoms with Crippen LogP contribution in [0.2, 0.25) is 0 Å². The Morgan fingerprint density at radius 3 is 2.41 bits per heavy atom. The highest BCUT2D eigenvalue weighted by Gasteiger charge is 2.51. The predicted octanol–water partition coefficient (Wildman–Crippen LogP) is 1.85. The van der Waals surface area contributed by atoms with Crippen LogP contribution in [-0.2, 0) is 28.5 Å². The van der Waals surface area contributed by atoms with E-state index in [-0.39, 0.29) is 31.3 Å². The van der Waals surface area contributed by atoms with Crippen LogP contribution in [0.4, 0.5) is 0 Å². The van der Waals surface area contributed by atoms with Gasteiger partial charge in [-0.3, -0.25) is 4.79 Å². The number of carbonyl (C=O) groups excluding carboxylic acids is 1. The summed E-state index contributed by atoms with van der Waals surface area (Å²) in [5, 5.41) is 13.8. The molecule has 0 bridgehead atoms. The second-order valence-electron chi connectivity index (χ2n) is 8.28. The molecular weight excluding hydrogens is 414 g/mol. The van der Waals surface area contributed by atoms with E-state index in [0.29, 0.717) is 0 Å². The molecule has 8 atom stereocenters. The summed E-state index contributed by atoms with van der Waals surface area (Å²) in [6.07, 6.45) is -3.80. The summed E-state index contributed by atoms with van der Waals surface area (Å²) < 4.78 is 29.6. The van der Waals surface area contributed by atoms with Crippen LogP contribution < -0.4 is 5.32 Å². The number of amides is 1. The van der Waals surface area contributed by atoms with Gasteiger partial charge in [-0.2, -0.15) is 0 Å². The van der Waals surface area contributed by atoms with Crippen LogP contribution in [-0.4, -0.2) is 61.0 Å². The quantitative estimate of drug-likeness (QED) is 0.660. The van der Waals surface area contributed by atoms with Gasteiger partial charge < -0.3 is 34.1 Å². The maximum Gasteiger partial charge on any atom is 0.217 e. The van der Waals surface area contributed by atoms with Crippen LogP contribution in [0.1, 0.15) is 30.4 Å². The standard InChI is InChI=1S/C24H27NO7/c1-14(26)25-19-20(27)22-18(13-28-23(32-22)16-10-6-3-7-11-16)31-24(19)29-12-17-21(30-17)15-8-4-2-5-9-15/h2-11,17-24,27H,12-13H2,1H3,(H,25,26)/t17-,18+,19+,20+,21-,22+,23?,24+/m0/s1. The SMILES string of the molecule is CC(=O)N[C@H]1[C@H](OC[C@@H]2O[C@H]2c2ccccc2)O[C@@H]2COC(c3ccccc3)O[C@H]2[C@@H]1O. The van der Waals surface area contributed by atoms with Crippen molar-refractivity contribution in [2.45, 2.75) is 56.1 Å². The number of ether oxygens (including phenoxy) is 5. The molecule has 2 aromatic carbocycles. The first kappa shape index (κ1) is 21.5. The smallest absolute Gasteiger partial charge is 0.217 e. The molecule has 8 nitrogen and oxygen atoms in total. The molecule has 2 N–H and O–H groups in total. The van der Waals surface area contributed by atoms with Crippen LogP contribution in [0, 0.1) is 0 Å². The van der Waals surface area contributed by atoms with E-state index < -0.39 is 36.9 Å². The first-order chi connectivity index (χ1) is 15.6. The predicted molar refractivity (Wildman–Crippen MR) is 112 cm³/mol. The van der Waals surface area contributed by atoms with E-state index in [0.717, 1.165) is 11.1 Å². The highest BCUT2D eigenvalue weighted by molar-refractivity contribution is 5.73. The number of aliphatic hydroxyl groups is 1. The first-order valence-corrected chi connectivity index (χ1v) is 10.8. The number of aliphatic hydroxyl groups excluding tert-OH is 1. The van der Waals surface area contributed by atoms with Gasteiger partial charge in [0.2, 0.25) is 5.91 Å². The molecule has 1 unspecified atom stereocenters. The molecule has 32 heavy (non-hydrogen) atoms. The summed E-state index contributed by atoms with van der Waals surface area (Å²) in [5.41, 5.74) is 1.94. The molecule has 3 saturated heterocycles. The summed E-state index contributed by atoms with van der Waals surface area (Å²) in [6.45, 7) is 1.90. The molecule has 0 radical (unpaired) electrons. The van der Waals surface area contributed by atoms with Crippen molar-refractivity contribution in [3.63, 3.8) is 0 Å². The fourth-order valence-corrected chi connectivity index (χ4v) is 4.30. The lowest BCUT2D eigenvalue weighted by Crippen LogP contribution is -2.66. The number of rotatable bonds is 6. The van der Waals surface area contributed by atoms with E-state index in [4.69, 9.17) is 23.7 Å². The topological polar surface area (TPSA) is 98.8 Å². The lowest BCUT2D eigenvalue weighted by atomic mass is 9.95. The summed E-state index contributed by atoms with van der Waals surface area (Å²) in [7, 11) is 0. The van der Waals surface area contributed by atoms with Crippen molar-refractivity contribution in [1.82, 2.24) is 5.32 Å². The minimum Gasteiger partial charge on any atom is -0.388 e. The Balaban J connectivity index is 1.24. The van der Waals surface area contributed by atoms with Crippen molar-refractivity contribution in [3.8, 4) is 0 Å². The molecule has 5 rings (SSSR count). The van der Waals surface area contributed by atoms with Gasteiger partial charge >= 0.3 is 0 Å². The Hall–Kier alpha value is -2.33. The van der Waals surface area contributed by atoms with Crippen LogP contribution in [0.3, 0.4) is 0 Å². The normalized spacial score (nSPS) is 36.2. The zero-order valence-corrected chi connectivity index (χ0v) is 17.7. The maximum atomic E-state index is 11.8. The highest BCUT2D eigenvalue weighted by atomic mass is 16.8. The highest BCUT2D eigenvalue weighted by Crippen LogP contribution is 2.40. The molecule has 170 valence electrons. The molecule has 0 spiro atoms. The summed E-state index contributed by atoms with van der Waals surface area (Å²) >= 11 is 0. The fraction of sp³-hybridized carbons (Fsp3) is 0.458. The maximum absolute atomic E-state index is 11.8. The van der Waals surface area contributed by atoms with Gasteiger partial charge in [-0.15, -0.1) is 0 Å². The van der Waals surface area contributed by atoms with E-state index >= 15 is 0 Å². The zero-order chi connectivity index (χ0) is 22.1. The molecular formula is C24H27NO7. The van der Waals surface area contributed by atoms with E-state index in [9.17, 15) is 9.90 Å². The molecule has 0 saturated carbocycles. The van der Waals surface area contributed by atoms with Crippen molar-refractivity contribution in [2.75, 3.05) is 13.2 Å². The number of carbonyl (C=O) groups is 1. The van der Waals surface area contributed by atoms with Gasteiger partial charge in [0.15, 0.2) is 12.6 Å². The molecule has 3 fully saturated rings. The second-order valence-corrected chi connectivity index (χ2v) is 8.28. The van der Waals surface area contributed by atoms with Gasteiger partial charge in [0.1, 0.15) is 36.6 Å². The summed E-state index contributed by atoms with van der Waals surface area (Å²) in [5.74, 6) is -0.291. The summed E-state index contributed by atoms with van der Waals surface area (Å²) in [6, 6.07) is 18.6.